The maximum absolute atomic E-state index is 12.3. The van der Waals surface area contributed by atoms with E-state index in [0.717, 1.165) is 0 Å². The molecule has 0 heterocycles. The molecule has 0 aromatic heterocycles. The molecule has 0 aromatic carbocycles. The number of hydrogen-bond donors (Lipinski definition) is 5. The first-order valence-electron chi connectivity index (χ1n) is 8.28. The van der Waals surface area contributed by atoms with Gasteiger partial charge in [0.1, 0.15) is 18.1 Å². The van der Waals surface area contributed by atoms with Gasteiger partial charge in [0, 0.05) is 6.42 Å². The molecule has 9 heteroatoms. The van der Waals surface area contributed by atoms with Crippen molar-refractivity contribution in [3.05, 3.63) is 0 Å². The van der Waals surface area contributed by atoms with Gasteiger partial charge in [0.15, 0.2) is 0 Å². The van der Waals surface area contributed by atoms with Crippen molar-refractivity contribution in [2.75, 3.05) is 0 Å². The molecule has 0 aliphatic heterocycles. The van der Waals surface area contributed by atoms with Crippen molar-refractivity contribution < 1.29 is 29.4 Å². The normalized spacial score (nSPS) is 14.7. The zero-order valence-corrected chi connectivity index (χ0v) is 15.1. The van der Waals surface area contributed by atoms with Crippen LogP contribution in [0.4, 0.5) is 0 Å². The largest absolute Gasteiger partial charge is 0.480 e. The minimum atomic E-state index is -1.14. The first kappa shape index (κ1) is 22.8. The smallest absolute Gasteiger partial charge is 0.326 e. The second-order valence-electron chi connectivity index (χ2n) is 6.69. The summed E-state index contributed by atoms with van der Waals surface area (Å²) in [6.07, 6.45) is 0.454. The predicted octanol–water partition coefficient (Wildman–Crippen LogP) is -0.0652. The fraction of sp³-hybridized carbons (Fsp3) is 0.750. The highest BCUT2D eigenvalue weighted by Gasteiger charge is 2.30. The summed E-state index contributed by atoms with van der Waals surface area (Å²) in [5, 5.41) is 22.8. The molecule has 6 N–H and O–H groups in total. The Morgan fingerprint density at radius 2 is 1.40 bits per heavy atom. The Bertz CT molecular complexity index is 492. The quantitative estimate of drug-likeness (QED) is 0.345. The lowest BCUT2D eigenvalue weighted by molar-refractivity contribution is -0.143. The SMILES string of the molecule is CC(C)[C@H](NC(=O)CCC[C@H](N)C(=O)O)C(=O)N[C@@H](C(=O)O)C(C)C. The molecule has 0 spiro atoms. The second-order valence-corrected chi connectivity index (χ2v) is 6.69. The number of carbonyl (C=O) groups is 4. The molecule has 0 fully saturated rings. The van der Waals surface area contributed by atoms with E-state index in [0.29, 0.717) is 0 Å². The van der Waals surface area contributed by atoms with Crippen LogP contribution in [0.15, 0.2) is 0 Å². The van der Waals surface area contributed by atoms with Crippen LogP contribution in [0.3, 0.4) is 0 Å². The fourth-order valence-electron chi connectivity index (χ4n) is 2.14. The van der Waals surface area contributed by atoms with Gasteiger partial charge in [0.25, 0.3) is 0 Å². The van der Waals surface area contributed by atoms with Gasteiger partial charge in [-0.2, -0.15) is 0 Å². The lowest BCUT2D eigenvalue weighted by Gasteiger charge is -2.25. The molecule has 9 nitrogen and oxygen atoms in total. The van der Waals surface area contributed by atoms with Crippen molar-refractivity contribution in [3.8, 4) is 0 Å². The molecule has 0 aliphatic carbocycles. The van der Waals surface area contributed by atoms with Gasteiger partial charge in [0.2, 0.25) is 11.8 Å². The second kappa shape index (κ2) is 10.7. The highest BCUT2D eigenvalue weighted by atomic mass is 16.4. The van der Waals surface area contributed by atoms with Crippen molar-refractivity contribution in [1.29, 1.82) is 0 Å². The van der Waals surface area contributed by atoms with Gasteiger partial charge in [-0.05, 0) is 24.7 Å². The summed E-state index contributed by atoms with van der Waals surface area (Å²) in [6, 6.07) is -2.94. The van der Waals surface area contributed by atoms with Crippen LogP contribution in [-0.4, -0.2) is 52.1 Å². The summed E-state index contributed by atoms with van der Waals surface area (Å²) in [6.45, 7) is 6.81. The van der Waals surface area contributed by atoms with Crippen LogP contribution in [0, 0.1) is 11.8 Å². The van der Waals surface area contributed by atoms with E-state index in [4.69, 9.17) is 15.9 Å². The first-order chi connectivity index (χ1) is 11.5. The molecule has 0 aliphatic rings. The van der Waals surface area contributed by atoms with E-state index < -0.39 is 41.9 Å². The van der Waals surface area contributed by atoms with E-state index in [1.165, 1.54) is 0 Å². The highest BCUT2D eigenvalue weighted by Crippen LogP contribution is 2.08. The summed E-state index contributed by atoms with van der Waals surface area (Å²) in [5.74, 6) is -3.79. The van der Waals surface area contributed by atoms with E-state index in [2.05, 4.69) is 10.6 Å². The lowest BCUT2D eigenvalue weighted by Crippen LogP contribution is -2.54. The molecule has 0 radical (unpaired) electrons. The first-order valence-corrected chi connectivity index (χ1v) is 8.28. The standard InChI is InChI=1S/C16H29N3O6/c1-8(2)12(14(21)19-13(9(3)4)16(24)25)18-11(20)7-5-6-10(17)15(22)23/h8-10,12-13H,5-7,17H2,1-4H3,(H,18,20)(H,19,21)(H,22,23)(H,24,25)/t10-,12-,13+/m0/s1. The number of carboxylic acid groups (broad SMARTS) is 2. The van der Waals surface area contributed by atoms with Crippen LogP contribution in [0.1, 0.15) is 47.0 Å². The Balaban J connectivity index is 4.68. The summed E-state index contributed by atoms with van der Waals surface area (Å²) in [7, 11) is 0. The molecule has 144 valence electrons. The molecule has 0 unspecified atom stereocenters. The molecule has 3 atom stereocenters. The lowest BCUT2D eigenvalue weighted by atomic mass is 10.00. The Labute approximate surface area is 147 Å². The van der Waals surface area contributed by atoms with Crippen LogP contribution in [0.25, 0.3) is 0 Å². The highest BCUT2D eigenvalue weighted by molar-refractivity contribution is 5.90. The fourth-order valence-corrected chi connectivity index (χ4v) is 2.14. The Hall–Kier alpha value is -2.16. The van der Waals surface area contributed by atoms with Gasteiger partial charge in [-0.15, -0.1) is 0 Å². The molecule has 0 saturated carbocycles. The van der Waals surface area contributed by atoms with Crippen LogP contribution in [0.2, 0.25) is 0 Å². The van der Waals surface area contributed by atoms with Gasteiger partial charge in [-0.1, -0.05) is 27.7 Å². The maximum atomic E-state index is 12.3. The van der Waals surface area contributed by atoms with Gasteiger partial charge in [-0.25, -0.2) is 4.79 Å². The molecule has 25 heavy (non-hydrogen) atoms. The van der Waals surface area contributed by atoms with Crippen LogP contribution >= 0.6 is 0 Å². The average Bonchev–Trinajstić information content (AvgIpc) is 2.48. The van der Waals surface area contributed by atoms with E-state index in [9.17, 15) is 19.2 Å². The Morgan fingerprint density at radius 1 is 0.880 bits per heavy atom. The zero-order valence-electron chi connectivity index (χ0n) is 15.1. The number of rotatable bonds is 11. The third-order valence-electron chi connectivity index (χ3n) is 3.73. The minimum Gasteiger partial charge on any atom is -0.480 e. The van der Waals surface area contributed by atoms with Crippen molar-refractivity contribution in [1.82, 2.24) is 10.6 Å². The summed E-state index contributed by atoms with van der Waals surface area (Å²) in [5.41, 5.74) is 5.36. The minimum absolute atomic E-state index is 0.0318. The number of nitrogens with two attached hydrogens (primary N) is 1. The molecule has 0 bridgehead atoms. The number of carboxylic acids is 2. The van der Waals surface area contributed by atoms with E-state index in [1.54, 1.807) is 27.7 Å². The number of aliphatic carboxylic acids is 2. The predicted molar refractivity (Wildman–Crippen MR) is 90.6 cm³/mol. The Kier molecular flexibility index (Phi) is 9.73. The molecular weight excluding hydrogens is 330 g/mol. The monoisotopic (exact) mass is 359 g/mol. The number of amides is 2. The van der Waals surface area contributed by atoms with E-state index >= 15 is 0 Å². The zero-order chi connectivity index (χ0) is 19.7. The van der Waals surface area contributed by atoms with Crippen LogP contribution < -0.4 is 16.4 Å². The van der Waals surface area contributed by atoms with E-state index in [-0.39, 0.29) is 31.1 Å². The summed E-state index contributed by atoms with van der Waals surface area (Å²) >= 11 is 0. The number of carbonyl (C=O) groups excluding carboxylic acids is 2. The molecule has 0 saturated heterocycles. The van der Waals surface area contributed by atoms with Gasteiger partial charge < -0.3 is 26.6 Å². The van der Waals surface area contributed by atoms with Gasteiger partial charge in [-0.3, -0.25) is 14.4 Å². The van der Waals surface area contributed by atoms with Crippen molar-refractivity contribution in [2.45, 2.75) is 65.1 Å². The molecule has 2 amide bonds. The van der Waals surface area contributed by atoms with Crippen molar-refractivity contribution in [3.63, 3.8) is 0 Å². The molecule has 0 aromatic rings. The van der Waals surface area contributed by atoms with E-state index in [1.807, 2.05) is 0 Å². The summed E-state index contributed by atoms with van der Waals surface area (Å²) in [4.78, 5) is 46.1. The average molecular weight is 359 g/mol. The topological polar surface area (TPSA) is 159 Å². The molecule has 0 rings (SSSR count). The van der Waals surface area contributed by atoms with Crippen LogP contribution in [-0.2, 0) is 19.2 Å². The van der Waals surface area contributed by atoms with Gasteiger partial charge >= 0.3 is 11.9 Å². The number of hydrogen-bond acceptors (Lipinski definition) is 5. The van der Waals surface area contributed by atoms with Gasteiger partial charge in [0.05, 0.1) is 0 Å². The van der Waals surface area contributed by atoms with Crippen molar-refractivity contribution in [2.24, 2.45) is 17.6 Å². The van der Waals surface area contributed by atoms with Crippen LogP contribution in [0.5, 0.6) is 0 Å². The maximum Gasteiger partial charge on any atom is 0.326 e. The van der Waals surface area contributed by atoms with Crippen molar-refractivity contribution >= 4 is 23.8 Å². The summed E-state index contributed by atoms with van der Waals surface area (Å²) < 4.78 is 0. The number of nitrogens with one attached hydrogen (secondary N) is 2. The molecular formula is C16H29N3O6. The third kappa shape index (κ3) is 8.48. The third-order valence-corrected chi connectivity index (χ3v) is 3.73. The Morgan fingerprint density at radius 3 is 1.80 bits per heavy atom.